The van der Waals surface area contributed by atoms with Gasteiger partial charge < -0.3 is 20.3 Å². The van der Waals surface area contributed by atoms with Crippen molar-refractivity contribution in [3.63, 3.8) is 0 Å². The van der Waals surface area contributed by atoms with E-state index in [-0.39, 0.29) is 29.8 Å². The molecule has 0 saturated heterocycles. The summed E-state index contributed by atoms with van der Waals surface area (Å²) in [6.45, 7) is 7.16. The van der Waals surface area contributed by atoms with E-state index in [2.05, 4.69) is 10.6 Å². The van der Waals surface area contributed by atoms with Gasteiger partial charge in [-0.1, -0.05) is 6.07 Å². The normalized spacial score (nSPS) is 16.5. The topological polar surface area (TPSA) is 87.7 Å². The smallest absolute Gasteiger partial charge is 0.265 e. The molecular weight excluding hydrogens is 310 g/mol. The van der Waals surface area contributed by atoms with Crippen LogP contribution < -0.4 is 15.4 Å². The summed E-state index contributed by atoms with van der Waals surface area (Å²) in [4.78, 5) is 37.6. The van der Waals surface area contributed by atoms with Crippen LogP contribution in [0.2, 0.25) is 0 Å². The van der Waals surface area contributed by atoms with E-state index < -0.39 is 6.10 Å². The molecule has 0 unspecified atom stereocenters. The number of benzene rings is 1. The molecule has 0 radical (unpaired) electrons. The first-order valence-corrected chi connectivity index (χ1v) is 7.75. The van der Waals surface area contributed by atoms with Gasteiger partial charge in [-0.25, -0.2) is 0 Å². The van der Waals surface area contributed by atoms with Crippen LogP contribution in [-0.2, 0) is 9.59 Å². The van der Waals surface area contributed by atoms with Crippen molar-refractivity contribution in [2.75, 3.05) is 18.9 Å². The molecule has 0 aliphatic carbocycles. The maximum absolute atomic E-state index is 12.7. The Bertz CT molecular complexity index is 679. The zero-order valence-corrected chi connectivity index (χ0v) is 14.6. The summed E-state index contributed by atoms with van der Waals surface area (Å²) in [5.74, 6) is -0.521. The number of hydrogen-bond acceptors (Lipinski definition) is 4. The minimum atomic E-state index is -0.680. The van der Waals surface area contributed by atoms with Gasteiger partial charge in [0, 0.05) is 12.6 Å². The van der Waals surface area contributed by atoms with Gasteiger partial charge in [0.05, 0.1) is 17.8 Å². The Morgan fingerprint density at radius 1 is 1.33 bits per heavy atom. The Kier molecular flexibility index (Phi) is 4.82. The van der Waals surface area contributed by atoms with Gasteiger partial charge in [-0.3, -0.25) is 14.4 Å². The number of carbonyl (C=O) groups is 3. The second-order valence-electron chi connectivity index (χ2n) is 6.89. The molecule has 1 aliphatic rings. The number of carbonyl (C=O) groups excluding carboxylic acids is 3. The Labute approximate surface area is 141 Å². The van der Waals surface area contributed by atoms with Crippen molar-refractivity contribution in [2.45, 2.75) is 39.3 Å². The van der Waals surface area contributed by atoms with Crippen LogP contribution in [-0.4, -0.2) is 47.9 Å². The molecule has 1 atom stereocenters. The fourth-order valence-electron chi connectivity index (χ4n) is 2.35. The lowest BCUT2D eigenvalue weighted by atomic mass is 10.1. The summed E-state index contributed by atoms with van der Waals surface area (Å²) in [6.07, 6.45) is -0.680. The molecule has 1 aromatic rings. The van der Waals surface area contributed by atoms with Gasteiger partial charge in [0.2, 0.25) is 5.91 Å². The maximum atomic E-state index is 12.7. The van der Waals surface area contributed by atoms with Crippen LogP contribution in [0.3, 0.4) is 0 Å². The van der Waals surface area contributed by atoms with E-state index in [4.69, 9.17) is 4.74 Å². The lowest BCUT2D eigenvalue weighted by Crippen LogP contribution is -2.46. The minimum Gasteiger partial charge on any atom is -0.478 e. The maximum Gasteiger partial charge on any atom is 0.265 e. The number of anilines is 1. The molecule has 1 aromatic carbocycles. The lowest BCUT2D eigenvalue weighted by molar-refractivity contribution is -0.123. The molecule has 1 aliphatic heterocycles. The number of rotatable bonds is 3. The van der Waals surface area contributed by atoms with Crippen LogP contribution in [0.15, 0.2) is 18.2 Å². The highest BCUT2D eigenvalue weighted by atomic mass is 16.5. The van der Waals surface area contributed by atoms with Gasteiger partial charge in [-0.2, -0.15) is 0 Å². The highest BCUT2D eigenvalue weighted by Gasteiger charge is 2.29. The molecule has 7 heteroatoms. The van der Waals surface area contributed by atoms with Gasteiger partial charge in [-0.05, 0) is 39.8 Å². The predicted molar refractivity (Wildman–Crippen MR) is 90.0 cm³/mol. The van der Waals surface area contributed by atoms with Gasteiger partial charge in [0.25, 0.3) is 11.8 Å². The van der Waals surface area contributed by atoms with Crippen LogP contribution in [0.4, 0.5) is 5.69 Å². The Morgan fingerprint density at radius 2 is 2.00 bits per heavy atom. The van der Waals surface area contributed by atoms with E-state index in [9.17, 15) is 14.4 Å². The van der Waals surface area contributed by atoms with Crippen molar-refractivity contribution in [3.05, 3.63) is 23.8 Å². The van der Waals surface area contributed by atoms with E-state index in [1.54, 1.807) is 32.2 Å². The third-order valence-electron chi connectivity index (χ3n) is 3.41. The number of fused-ring (bicyclic) bond motifs is 1. The Balaban J connectivity index is 2.17. The fourth-order valence-corrected chi connectivity index (χ4v) is 2.35. The van der Waals surface area contributed by atoms with Crippen molar-refractivity contribution < 1.29 is 19.1 Å². The van der Waals surface area contributed by atoms with Crippen LogP contribution in [0.5, 0.6) is 5.75 Å². The molecule has 7 nitrogen and oxygen atoms in total. The standard InChI is InChI=1S/C17H23N3O4/c1-10-15(22)18-12-8-6-7-11(14(12)24-10)16(23)20(5)9-13(21)19-17(2,3)4/h6-8,10H,9H2,1-5H3,(H,18,22)(H,19,21)/t10-/m1/s1. The molecule has 2 rings (SSSR count). The van der Waals surface area contributed by atoms with Gasteiger partial charge >= 0.3 is 0 Å². The van der Waals surface area contributed by atoms with Crippen molar-refractivity contribution in [3.8, 4) is 5.75 Å². The molecular formula is C17H23N3O4. The Morgan fingerprint density at radius 3 is 2.62 bits per heavy atom. The van der Waals surface area contributed by atoms with E-state index >= 15 is 0 Å². The molecule has 0 spiro atoms. The third-order valence-corrected chi connectivity index (χ3v) is 3.41. The second-order valence-corrected chi connectivity index (χ2v) is 6.89. The molecule has 3 amide bonds. The summed E-state index contributed by atoms with van der Waals surface area (Å²) >= 11 is 0. The summed E-state index contributed by atoms with van der Waals surface area (Å²) in [7, 11) is 1.55. The number of para-hydroxylation sites is 1. The van der Waals surface area contributed by atoms with E-state index in [1.807, 2.05) is 20.8 Å². The number of nitrogens with one attached hydrogen (secondary N) is 2. The van der Waals surface area contributed by atoms with Crippen LogP contribution in [0, 0.1) is 0 Å². The number of ether oxygens (including phenoxy) is 1. The van der Waals surface area contributed by atoms with Crippen molar-refractivity contribution in [2.24, 2.45) is 0 Å². The van der Waals surface area contributed by atoms with Crippen molar-refractivity contribution in [1.82, 2.24) is 10.2 Å². The average Bonchev–Trinajstić information content (AvgIpc) is 2.45. The third kappa shape index (κ3) is 4.04. The zero-order valence-electron chi connectivity index (χ0n) is 14.6. The second kappa shape index (κ2) is 6.51. The molecule has 0 saturated carbocycles. The number of nitrogens with zero attached hydrogens (tertiary/aromatic N) is 1. The highest BCUT2D eigenvalue weighted by molar-refractivity contribution is 6.04. The zero-order chi connectivity index (χ0) is 18.1. The molecule has 1 heterocycles. The van der Waals surface area contributed by atoms with E-state index in [0.717, 1.165) is 0 Å². The van der Waals surface area contributed by atoms with Gasteiger partial charge in [-0.15, -0.1) is 0 Å². The molecule has 24 heavy (non-hydrogen) atoms. The number of likely N-dealkylation sites (N-methyl/N-ethyl adjacent to an activating group) is 1. The fraction of sp³-hybridized carbons (Fsp3) is 0.471. The minimum absolute atomic E-state index is 0.0678. The Hall–Kier alpha value is -2.57. The van der Waals surface area contributed by atoms with E-state index in [0.29, 0.717) is 17.0 Å². The van der Waals surface area contributed by atoms with Gasteiger partial charge in [0.1, 0.15) is 0 Å². The molecule has 0 fully saturated rings. The quantitative estimate of drug-likeness (QED) is 0.875. The predicted octanol–water partition coefficient (Wildman–Crippen LogP) is 1.39. The summed E-state index contributed by atoms with van der Waals surface area (Å²) in [5.41, 5.74) is 0.400. The number of hydrogen-bond donors (Lipinski definition) is 2. The van der Waals surface area contributed by atoms with Crippen LogP contribution >= 0.6 is 0 Å². The number of amides is 3. The molecule has 0 aromatic heterocycles. The van der Waals surface area contributed by atoms with Gasteiger partial charge in [0.15, 0.2) is 11.9 Å². The van der Waals surface area contributed by atoms with Crippen molar-refractivity contribution in [1.29, 1.82) is 0 Å². The molecule has 0 bridgehead atoms. The monoisotopic (exact) mass is 333 g/mol. The van der Waals surface area contributed by atoms with Crippen LogP contribution in [0.25, 0.3) is 0 Å². The first-order chi connectivity index (χ1) is 11.1. The molecule has 2 N–H and O–H groups in total. The van der Waals surface area contributed by atoms with Crippen LogP contribution in [0.1, 0.15) is 38.1 Å². The molecule has 130 valence electrons. The van der Waals surface area contributed by atoms with E-state index in [1.165, 1.54) is 4.90 Å². The largest absolute Gasteiger partial charge is 0.478 e. The summed E-state index contributed by atoms with van der Waals surface area (Å²) < 4.78 is 5.57. The SMILES string of the molecule is C[C@H]1Oc2c(cccc2C(=O)N(C)CC(=O)NC(C)(C)C)NC1=O. The summed E-state index contributed by atoms with van der Waals surface area (Å²) in [6, 6.07) is 4.94. The highest BCUT2D eigenvalue weighted by Crippen LogP contribution is 2.33. The first kappa shape index (κ1) is 17.8. The summed E-state index contributed by atoms with van der Waals surface area (Å²) in [5, 5.41) is 5.51. The average molecular weight is 333 g/mol. The lowest BCUT2D eigenvalue weighted by Gasteiger charge is -2.27. The first-order valence-electron chi connectivity index (χ1n) is 7.75. The van der Waals surface area contributed by atoms with Crippen molar-refractivity contribution >= 4 is 23.4 Å².